The molecule has 0 bridgehead atoms. The molecule has 0 aliphatic rings. The molecule has 0 saturated carbocycles. The molecule has 29 heavy (non-hydrogen) atoms. The molecule has 0 N–H and O–H groups in total. The first-order valence-electron chi connectivity index (χ1n) is 10.1. The molecule has 4 heteroatoms. The lowest BCUT2D eigenvalue weighted by Crippen LogP contribution is -3.00. The van der Waals surface area contributed by atoms with Gasteiger partial charge in [0, 0.05) is 12.5 Å². The summed E-state index contributed by atoms with van der Waals surface area (Å²) in [5, 5.41) is 4.35. The average molecular weight is 487 g/mol. The van der Waals surface area contributed by atoms with Crippen LogP contribution in [-0.2, 0) is 4.43 Å². The van der Waals surface area contributed by atoms with E-state index < -0.39 is 15.6 Å². The Morgan fingerprint density at radius 1 is 0.690 bits per heavy atom. The molecular formula is C25H32BrOPSi. The van der Waals surface area contributed by atoms with Crippen molar-refractivity contribution in [3.05, 3.63) is 91.0 Å². The predicted octanol–water partition coefficient (Wildman–Crippen LogP) is 2.47. The standard InChI is InChI=1S/C25H32OPSi.BrH/c1-22(20-26-28(2,3)4)21-27(23-14-8-5-9-15-23,24-16-10-6-11-17-24)25-18-12-7-13-19-25;/h5-19,22H,20-21H2,1-4H3;1H/q+1;/p-1/t22-;/m0./s1. The molecule has 0 aromatic heterocycles. The monoisotopic (exact) mass is 486 g/mol. The van der Waals surface area contributed by atoms with Crippen LogP contribution < -0.4 is 32.9 Å². The second kappa shape index (κ2) is 10.7. The highest BCUT2D eigenvalue weighted by Crippen LogP contribution is 2.56. The zero-order chi connectivity index (χ0) is 20.0. The van der Waals surface area contributed by atoms with Gasteiger partial charge in [-0.3, -0.25) is 0 Å². The lowest BCUT2D eigenvalue weighted by atomic mass is 10.2. The van der Waals surface area contributed by atoms with Gasteiger partial charge in [0.2, 0.25) is 0 Å². The minimum absolute atomic E-state index is 0. The predicted molar refractivity (Wildman–Crippen MR) is 128 cm³/mol. The minimum Gasteiger partial charge on any atom is -1.00 e. The molecule has 0 unspecified atom stereocenters. The van der Waals surface area contributed by atoms with Gasteiger partial charge in [0.25, 0.3) is 0 Å². The summed E-state index contributed by atoms with van der Waals surface area (Å²) in [6.07, 6.45) is 1.12. The lowest BCUT2D eigenvalue weighted by molar-refractivity contribution is -0.00000674. The fraction of sp³-hybridized carbons (Fsp3) is 0.280. The van der Waals surface area contributed by atoms with Crippen LogP contribution in [0, 0.1) is 5.92 Å². The van der Waals surface area contributed by atoms with Crippen molar-refractivity contribution < 1.29 is 21.4 Å². The quantitative estimate of drug-likeness (QED) is 0.351. The van der Waals surface area contributed by atoms with Crippen molar-refractivity contribution in [1.29, 1.82) is 0 Å². The van der Waals surface area contributed by atoms with E-state index in [1.165, 1.54) is 15.9 Å². The van der Waals surface area contributed by atoms with Gasteiger partial charge >= 0.3 is 0 Å². The van der Waals surface area contributed by atoms with Crippen molar-refractivity contribution in [2.45, 2.75) is 26.6 Å². The summed E-state index contributed by atoms with van der Waals surface area (Å²) in [7, 11) is -3.28. The molecular weight excluding hydrogens is 455 g/mol. The van der Waals surface area contributed by atoms with Crippen molar-refractivity contribution in [1.82, 2.24) is 0 Å². The molecule has 154 valence electrons. The number of hydrogen-bond donors (Lipinski definition) is 0. The summed E-state index contributed by atoms with van der Waals surface area (Å²) in [5.41, 5.74) is 0. The summed E-state index contributed by atoms with van der Waals surface area (Å²) < 4.78 is 6.30. The molecule has 3 aromatic rings. The molecule has 1 nitrogen and oxygen atoms in total. The van der Waals surface area contributed by atoms with Crippen LogP contribution in [0.4, 0.5) is 0 Å². The molecule has 0 amide bonds. The van der Waals surface area contributed by atoms with E-state index in [2.05, 4.69) is 118 Å². The van der Waals surface area contributed by atoms with E-state index in [1.54, 1.807) is 0 Å². The van der Waals surface area contributed by atoms with E-state index in [0.29, 0.717) is 5.92 Å². The summed E-state index contributed by atoms with van der Waals surface area (Å²) >= 11 is 0. The van der Waals surface area contributed by atoms with Gasteiger partial charge < -0.3 is 21.4 Å². The van der Waals surface area contributed by atoms with Crippen LogP contribution in [0.2, 0.25) is 19.6 Å². The fourth-order valence-corrected chi connectivity index (χ4v) is 9.12. The van der Waals surface area contributed by atoms with Gasteiger partial charge in [-0.15, -0.1) is 0 Å². The van der Waals surface area contributed by atoms with Gasteiger partial charge in [0.15, 0.2) is 8.32 Å². The maximum absolute atomic E-state index is 6.30. The molecule has 0 spiro atoms. The molecule has 0 aliphatic carbocycles. The van der Waals surface area contributed by atoms with Gasteiger partial charge in [0.1, 0.15) is 23.2 Å². The molecule has 0 radical (unpaired) electrons. The van der Waals surface area contributed by atoms with Gasteiger partial charge in [-0.1, -0.05) is 61.5 Å². The third kappa shape index (κ3) is 6.12. The van der Waals surface area contributed by atoms with Gasteiger partial charge in [-0.05, 0) is 56.0 Å². The lowest BCUT2D eigenvalue weighted by Gasteiger charge is -2.31. The molecule has 0 saturated heterocycles. The highest BCUT2D eigenvalue weighted by Gasteiger charge is 2.46. The number of halogens is 1. The Bertz CT molecular complexity index is 754. The van der Waals surface area contributed by atoms with E-state index in [-0.39, 0.29) is 17.0 Å². The van der Waals surface area contributed by atoms with Crippen molar-refractivity contribution in [3.63, 3.8) is 0 Å². The summed E-state index contributed by atoms with van der Waals surface area (Å²) in [6.45, 7) is 10.0. The Labute approximate surface area is 188 Å². The number of hydrogen-bond acceptors (Lipinski definition) is 1. The van der Waals surface area contributed by atoms with E-state index in [1.807, 2.05) is 0 Å². The molecule has 0 aliphatic heterocycles. The SMILES string of the molecule is C[C@@H](CO[Si](C)(C)C)C[P+](c1ccccc1)(c1ccccc1)c1ccccc1.[Br-]. The summed E-state index contributed by atoms with van der Waals surface area (Å²) in [6, 6.07) is 33.3. The zero-order valence-electron chi connectivity index (χ0n) is 17.9. The van der Waals surface area contributed by atoms with Crippen LogP contribution in [0.25, 0.3) is 0 Å². The number of benzene rings is 3. The molecule has 3 rings (SSSR count). The minimum atomic E-state index is -1.76. The van der Waals surface area contributed by atoms with Crippen molar-refractivity contribution in [2.75, 3.05) is 12.8 Å². The topological polar surface area (TPSA) is 9.23 Å². The van der Waals surface area contributed by atoms with Crippen molar-refractivity contribution >= 4 is 31.5 Å². The van der Waals surface area contributed by atoms with E-state index in [0.717, 1.165) is 12.8 Å². The first-order chi connectivity index (χ1) is 13.4. The van der Waals surface area contributed by atoms with Crippen molar-refractivity contribution in [3.8, 4) is 0 Å². The zero-order valence-corrected chi connectivity index (χ0v) is 21.4. The van der Waals surface area contributed by atoms with E-state index in [4.69, 9.17) is 4.43 Å². The molecule has 0 heterocycles. The third-order valence-electron chi connectivity index (χ3n) is 4.98. The van der Waals surface area contributed by atoms with Gasteiger partial charge in [0.05, 0.1) is 6.16 Å². The van der Waals surface area contributed by atoms with Crippen molar-refractivity contribution in [2.24, 2.45) is 5.92 Å². The van der Waals surface area contributed by atoms with E-state index >= 15 is 0 Å². The largest absolute Gasteiger partial charge is 1.00 e. The average Bonchev–Trinajstić information content (AvgIpc) is 2.72. The molecule has 1 atom stereocenters. The first kappa shape index (κ1) is 24.0. The van der Waals surface area contributed by atoms with Crippen LogP contribution in [0.5, 0.6) is 0 Å². The Kier molecular flexibility index (Phi) is 8.85. The normalized spacial score (nSPS) is 12.8. The molecule has 0 fully saturated rings. The summed E-state index contributed by atoms with van der Waals surface area (Å²) in [5.74, 6) is 0.487. The van der Waals surface area contributed by atoms with Crippen LogP contribution >= 0.6 is 7.26 Å². The Morgan fingerprint density at radius 2 is 1.03 bits per heavy atom. The highest BCUT2D eigenvalue weighted by molar-refractivity contribution is 7.95. The third-order valence-corrected chi connectivity index (χ3v) is 10.7. The highest BCUT2D eigenvalue weighted by atomic mass is 79.9. The number of rotatable bonds is 8. The van der Waals surface area contributed by atoms with Crippen LogP contribution in [-0.4, -0.2) is 21.1 Å². The van der Waals surface area contributed by atoms with Crippen LogP contribution in [0.3, 0.4) is 0 Å². The first-order valence-corrected chi connectivity index (χ1v) is 15.5. The maximum atomic E-state index is 6.30. The van der Waals surface area contributed by atoms with Gasteiger partial charge in [-0.25, -0.2) is 0 Å². The second-order valence-corrected chi connectivity index (χ2v) is 16.6. The van der Waals surface area contributed by atoms with Gasteiger partial charge in [-0.2, -0.15) is 0 Å². The Balaban J connectivity index is 0.00000300. The smallest absolute Gasteiger partial charge is 0.183 e. The fourth-order valence-electron chi connectivity index (χ4n) is 3.72. The Hall–Kier alpha value is -1.25. The second-order valence-electron chi connectivity index (χ2n) is 8.53. The summed E-state index contributed by atoms with van der Waals surface area (Å²) in [4.78, 5) is 0. The van der Waals surface area contributed by atoms with E-state index in [9.17, 15) is 0 Å². The Morgan fingerprint density at radius 3 is 1.34 bits per heavy atom. The maximum Gasteiger partial charge on any atom is 0.183 e. The molecule has 3 aromatic carbocycles. The van der Waals surface area contributed by atoms with Crippen LogP contribution in [0.15, 0.2) is 91.0 Å². The van der Waals surface area contributed by atoms with Crippen LogP contribution in [0.1, 0.15) is 6.92 Å².